The Morgan fingerprint density at radius 2 is 1.75 bits per heavy atom. The van der Waals surface area contributed by atoms with Crippen molar-refractivity contribution in [1.29, 1.82) is 0 Å². The first kappa shape index (κ1) is 12.2. The molecule has 88 valence electrons. The van der Waals surface area contributed by atoms with Gasteiger partial charge in [0.2, 0.25) is 11.9 Å². The molecule has 0 aliphatic heterocycles. The maximum absolute atomic E-state index is 10.6. The van der Waals surface area contributed by atoms with E-state index in [9.17, 15) is 4.79 Å². The monoisotopic (exact) mass is 225 g/mol. The number of rotatable bonds is 4. The quantitative estimate of drug-likeness (QED) is 0.757. The Morgan fingerprint density at radius 3 is 2.25 bits per heavy atom. The number of hydrogen-bond acceptors (Lipinski definition) is 6. The molecule has 7 nitrogen and oxygen atoms in total. The second-order valence-corrected chi connectivity index (χ2v) is 3.63. The molecule has 16 heavy (non-hydrogen) atoms. The number of hydrogen-bond donors (Lipinski definition) is 1. The van der Waals surface area contributed by atoms with Crippen molar-refractivity contribution in [1.82, 2.24) is 15.0 Å². The van der Waals surface area contributed by atoms with Crippen LogP contribution in [0.3, 0.4) is 0 Å². The molecule has 0 spiro atoms. The molecule has 0 fully saturated rings. The standard InChI is InChI=1S/C9H15N5O2/c1-6-10-8(13(2)3)12-9(11-6)14(4)5-7(15)16/h5H2,1-4H3,(H,15,16). The molecule has 0 aliphatic rings. The van der Waals surface area contributed by atoms with Gasteiger partial charge in [-0.3, -0.25) is 4.79 Å². The lowest BCUT2D eigenvalue weighted by Gasteiger charge is -2.17. The Balaban J connectivity index is 2.99. The number of carbonyl (C=O) groups is 1. The van der Waals surface area contributed by atoms with Gasteiger partial charge < -0.3 is 14.9 Å². The minimum absolute atomic E-state index is 0.143. The van der Waals surface area contributed by atoms with E-state index in [1.165, 1.54) is 4.90 Å². The van der Waals surface area contributed by atoms with Crippen molar-refractivity contribution in [3.8, 4) is 0 Å². The van der Waals surface area contributed by atoms with Crippen LogP contribution in [0.4, 0.5) is 11.9 Å². The van der Waals surface area contributed by atoms with Crippen molar-refractivity contribution in [3.05, 3.63) is 5.82 Å². The smallest absolute Gasteiger partial charge is 0.323 e. The van der Waals surface area contributed by atoms with Crippen LogP contribution in [0.15, 0.2) is 0 Å². The summed E-state index contributed by atoms with van der Waals surface area (Å²) in [5.74, 6) is 0.510. The maximum Gasteiger partial charge on any atom is 0.323 e. The van der Waals surface area contributed by atoms with Gasteiger partial charge in [0.15, 0.2) is 0 Å². The predicted octanol–water partition coefficient (Wildman–Crippen LogP) is -0.233. The SMILES string of the molecule is Cc1nc(N(C)C)nc(N(C)CC(=O)O)n1. The zero-order valence-corrected chi connectivity index (χ0v) is 9.80. The van der Waals surface area contributed by atoms with Crippen LogP contribution >= 0.6 is 0 Å². The van der Waals surface area contributed by atoms with E-state index in [1.54, 1.807) is 18.9 Å². The molecule has 1 rings (SSSR count). The molecule has 1 aromatic heterocycles. The molecule has 1 aromatic rings. The molecule has 1 heterocycles. The van der Waals surface area contributed by atoms with Gasteiger partial charge in [-0.15, -0.1) is 0 Å². The van der Waals surface area contributed by atoms with E-state index in [0.717, 1.165) is 0 Å². The molecule has 0 atom stereocenters. The highest BCUT2D eigenvalue weighted by Gasteiger charge is 2.11. The molecular weight excluding hydrogens is 210 g/mol. The molecule has 0 unspecified atom stereocenters. The topological polar surface area (TPSA) is 82.5 Å². The van der Waals surface area contributed by atoms with E-state index in [2.05, 4.69) is 15.0 Å². The van der Waals surface area contributed by atoms with E-state index in [0.29, 0.717) is 17.7 Å². The molecule has 0 aliphatic carbocycles. The van der Waals surface area contributed by atoms with Crippen molar-refractivity contribution >= 4 is 17.9 Å². The Kier molecular flexibility index (Phi) is 3.60. The lowest BCUT2D eigenvalue weighted by molar-refractivity contribution is -0.135. The van der Waals surface area contributed by atoms with Crippen LogP contribution in [0, 0.1) is 6.92 Å². The molecule has 7 heteroatoms. The number of aliphatic carboxylic acids is 1. The fourth-order valence-electron chi connectivity index (χ4n) is 1.10. The minimum Gasteiger partial charge on any atom is -0.480 e. The largest absolute Gasteiger partial charge is 0.480 e. The summed E-state index contributed by atoms with van der Waals surface area (Å²) in [7, 11) is 5.26. The summed E-state index contributed by atoms with van der Waals surface area (Å²) in [4.78, 5) is 26.1. The van der Waals surface area contributed by atoms with Gasteiger partial charge >= 0.3 is 5.97 Å². The Morgan fingerprint density at radius 1 is 1.19 bits per heavy atom. The highest BCUT2D eigenvalue weighted by molar-refractivity contribution is 5.72. The molecule has 0 bridgehead atoms. The molecular formula is C9H15N5O2. The fourth-order valence-corrected chi connectivity index (χ4v) is 1.10. The summed E-state index contributed by atoms with van der Waals surface area (Å²) in [5, 5.41) is 8.67. The lowest BCUT2D eigenvalue weighted by atomic mass is 10.5. The molecule has 0 saturated carbocycles. The second-order valence-electron chi connectivity index (χ2n) is 3.63. The first-order valence-electron chi connectivity index (χ1n) is 4.73. The van der Waals surface area contributed by atoms with Crippen molar-refractivity contribution in [2.45, 2.75) is 6.92 Å². The third-order valence-electron chi connectivity index (χ3n) is 1.84. The molecule has 0 radical (unpaired) electrons. The Bertz CT molecular complexity index is 393. The number of nitrogens with zero attached hydrogens (tertiary/aromatic N) is 5. The van der Waals surface area contributed by atoms with Crippen molar-refractivity contribution in [3.63, 3.8) is 0 Å². The number of likely N-dealkylation sites (N-methyl/N-ethyl adjacent to an activating group) is 1. The molecule has 0 amide bonds. The summed E-state index contributed by atoms with van der Waals surface area (Å²) in [6.45, 7) is 1.60. The van der Waals surface area contributed by atoms with Crippen molar-refractivity contribution in [2.75, 3.05) is 37.5 Å². The maximum atomic E-state index is 10.6. The zero-order chi connectivity index (χ0) is 12.3. The highest BCUT2D eigenvalue weighted by atomic mass is 16.4. The van der Waals surface area contributed by atoms with Gasteiger partial charge in [-0.25, -0.2) is 0 Å². The Labute approximate surface area is 93.8 Å². The third-order valence-corrected chi connectivity index (χ3v) is 1.84. The highest BCUT2D eigenvalue weighted by Crippen LogP contribution is 2.10. The van der Waals surface area contributed by atoms with Gasteiger partial charge in [0.1, 0.15) is 12.4 Å². The third kappa shape index (κ3) is 3.04. The lowest BCUT2D eigenvalue weighted by Crippen LogP contribution is -2.28. The first-order valence-corrected chi connectivity index (χ1v) is 4.73. The van der Waals surface area contributed by atoms with Crippen molar-refractivity contribution < 1.29 is 9.90 Å². The van der Waals surface area contributed by atoms with Crippen LogP contribution in [0.2, 0.25) is 0 Å². The summed E-state index contributed by atoms with van der Waals surface area (Å²) in [6.07, 6.45) is 0. The second kappa shape index (κ2) is 4.73. The normalized spacial score (nSPS) is 10.0. The summed E-state index contributed by atoms with van der Waals surface area (Å²) in [5.41, 5.74) is 0. The van der Waals surface area contributed by atoms with Crippen LogP contribution in [0.25, 0.3) is 0 Å². The van der Waals surface area contributed by atoms with Gasteiger partial charge in [-0.05, 0) is 6.92 Å². The summed E-state index contributed by atoms with van der Waals surface area (Å²) < 4.78 is 0. The van der Waals surface area contributed by atoms with Crippen LogP contribution in [0.5, 0.6) is 0 Å². The van der Waals surface area contributed by atoms with E-state index >= 15 is 0 Å². The molecule has 1 N–H and O–H groups in total. The number of carboxylic acids is 1. The van der Waals surface area contributed by atoms with E-state index < -0.39 is 5.97 Å². The van der Waals surface area contributed by atoms with Crippen LogP contribution in [-0.4, -0.2) is 53.7 Å². The molecule has 0 aromatic carbocycles. The minimum atomic E-state index is -0.924. The molecule has 0 saturated heterocycles. The van der Waals surface area contributed by atoms with E-state index in [1.807, 2.05) is 14.1 Å². The fraction of sp³-hybridized carbons (Fsp3) is 0.556. The van der Waals surface area contributed by atoms with Crippen LogP contribution < -0.4 is 9.80 Å². The van der Waals surface area contributed by atoms with E-state index in [4.69, 9.17) is 5.11 Å². The van der Waals surface area contributed by atoms with E-state index in [-0.39, 0.29) is 6.54 Å². The number of carboxylic acid groups (broad SMARTS) is 1. The van der Waals surface area contributed by atoms with Crippen molar-refractivity contribution in [2.24, 2.45) is 0 Å². The number of anilines is 2. The van der Waals surface area contributed by atoms with Gasteiger partial charge in [0, 0.05) is 21.1 Å². The van der Waals surface area contributed by atoms with Gasteiger partial charge in [-0.1, -0.05) is 0 Å². The predicted molar refractivity (Wildman–Crippen MR) is 59.8 cm³/mol. The number of aryl methyl sites for hydroxylation is 1. The Hall–Kier alpha value is -1.92. The van der Waals surface area contributed by atoms with Gasteiger partial charge in [-0.2, -0.15) is 15.0 Å². The average Bonchev–Trinajstić information content (AvgIpc) is 2.15. The van der Waals surface area contributed by atoms with Crippen LogP contribution in [0.1, 0.15) is 5.82 Å². The zero-order valence-electron chi connectivity index (χ0n) is 9.80. The average molecular weight is 225 g/mol. The van der Waals surface area contributed by atoms with Crippen LogP contribution in [-0.2, 0) is 4.79 Å². The van der Waals surface area contributed by atoms with Gasteiger partial charge in [0.05, 0.1) is 0 Å². The summed E-state index contributed by atoms with van der Waals surface area (Å²) >= 11 is 0. The first-order chi connectivity index (χ1) is 7.40. The number of aromatic nitrogens is 3. The summed E-state index contributed by atoms with van der Waals surface area (Å²) in [6, 6.07) is 0. The van der Waals surface area contributed by atoms with Gasteiger partial charge in [0.25, 0.3) is 0 Å².